The Hall–Kier alpha value is -2.04. The molecule has 1 heterocycles. The van der Waals surface area contributed by atoms with Gasteiger partial charge in [-0.1, -0.05) is 12.1 Å². The van der Waals surface area contributed by atoms with Gasteiger partial charge in [-0.25, -0.2) is 13.2 Å². The summed E-state index contributed by atoms with van der Waals surface area (Å²) in [5, 5.41) is -0.618. The molecule has 0 aliphatic carbocycles. The third kappa shape index (κ3) is 4.03. The summed E-state index contributed by atoms with van der Waals surface area (Å²) in [6.45, 7) is 0.234. The van der Waals surface area contributed by atoms with E-state index in [1.165, 1.54) is 59.6 Å². The molecule has 0 radical (unpaired) electrons. The Labute approximate surface area is 164 Å². The number of sulfonamides is 1. The molecule has 0 aromatic heterocycles. The molecular weight excluding hydrogens is 415 g/mol. The van der Waals surface area contributed by atoms with Crippen molar-refractivity contribution in [2.45, 2.75) is 16.4 Å². The lowest BCUT2D eigenvalue weighted by molar-refractivity contribution is -0.137. The zero-order valence-corrected chi connectivity index (χ0v) is 16.3. The highest BCUT2D eigenvalue weighted by molar-refractivity contribution is 8.01. The number of carbonyl (C=O) groups is 1. The van der Waals surface area contributed by atoms with Crippen molar-refractivity contribution in [2.75, 3.05) is 19.4 Å². The highest BCUT2D eigenvalue weighted by Gasteiger charge is 2.37. The first-order chi connectivity index (χ1) is 13.1. The van der Waals surface area contributed by atoms with Crippen LogP contribution in [0.3, 0.4) is 0 Å². The van der Waals surface area contributed by atoms with Crippen LogP contribution in [0.5, 0.6) is 0 Å². The van der Waals surface area contributed by atoms with Gasteiger partial charge in [0.05, 0.1) is 28.5 Å². The number of rotatable bonds is 4. The Bertz CT molecular complexity index is 958. The minimum Gasteiger partial charge on any atom is -0.465 e. The Morgan fingerprint density at radius 2 is 1.71 bits per heavy atom. The molecular formula is C18H16F3NO4S2. The predicted molar refractivity (Wildman–Crippen MR) is 98.3 cm³/mol. The molecule has 2 aromatic rings. The maximum Gasteiger partial charge on any atom is 0.416 e. The average Bonchev–Trinajstić information content (AvgIpc) is 3.17. The topological polar surface area (TPSA) is 63.7 Å². The standard InChI is InChI=1S/C18H16F3NO4S2/c1-26-17(23)13-4-8-15(9-5-13)28(24,25)22-10-11-27-16(22)12-2-6-14(7-3-12)18(19,20)21/h2-9,16H,10-11H2,1H3/t16-/m0/s1. The summed E-state index contributed by atoms with van der Waals surface area (Å²) in [5.74, 6) is -0.0613. The normalized spacial score (nSPS) is 18.2. The molecule has 0 unspecified atom stereocenters. The van der Waals surface area contributed by atoms with Crippen molar-refractivity contribution in [1.82, 2.24) is 4.31 Å². The number of alkyl halides is 3. The second-order valence-electron chi connectivity index (χ2n) is 5.97. The van der Waals surface area contributed by atoms with Crippen LogP contribution in [0.25, 0.3) is 0 Å². The van der Waals surface area contributed by atoms with E-state index in [1.54, 1.807) is 0 Å². The fourth-order valence-electron chi connectivity index (χ4n) is 2.82. The highest BCUT2D eigenvalue weighted by Crippen LogP contribution is 2.42. The van der Waals surface area contributed by atoms with E-state index < -0.39 is 33.1 Å². The first-order valence-corrected chi connectivity index (χ1v) is 10.6. The zero-order valence-electron chi connectivity index (χ0n) is 14.6. The van der Waals surface area contributed by atoms with E-state index in [2.05, 4.69) is 4.74 Å². The summed E-state index contributed by atoms with van der Waals surface area (Å²) in [6.07, 6.45) is -4.45. The molecule has 5 nitrogen and oxygen atoms in total. The number of ether oxygens (including phenoxy) is 1. The average molecular weight is 431 g/mol. The number of nitrogens with zero attached hydrogens (tertiary/aromatic N) is 1. The summed E-state index contributed by atoms with van der Waals surface area (Å²) < 4.78 is 70.1. The molecule has 28 heavy (non-hydrogen) atoms. The number of benzene rings is 2. The quantitative estimate of drug-likeness (QED) is 0.687. The lowest BCUT2D eigenvalue weighted by Gasteiger charge is -2.24. The number of esters is 1. The summed E-state index contributed by atoms with van der Waals surface area (Å²) in [6, 6.07) is 9.84. The van der Waals surface area contributed by atoms with Gasteiger partial charge in [-0.05, 0) is 42.0 Å². The van der Waals surface area contributed by atoms with Crippen molar-refractivity contribution >= 4 is 27.8 Å². The van der Waals surface area contributed by atoms with E-state index in [0.29, 0.717) is 11.3 Å². The maximum atomic E-state index is 13.0. The van der Waals surface area contributed by atoms with Crippen LogP contribution in [-0.4, -0.2) is 38.1 Å². The van der Waals surface area contributed by atoms with Crippen LogP contribution >= 0.6 is 11.8 Å². The van der Waals surface area contributed by atoms with Crippen molar-refractivity contribution < 1.29 is 31.1 Å². The smallest absolute Gasteiger partial charge is 0.416 e. The molecule has 0 bridgehead atoms. The maximum absolute atomic E-state index is 13.0. The van der Waals surface area contributed by atoms with E-state index in [9.17, 15) is 26.4 Å². The van der Waals surface area contributed by atoms with Crippen molar-refractivity contribution in [3.63, 3.8) is 0 Å². The number of methoxy groups -OCH3 is 1. The molecule has 1 aliphatic rings. The first kappa shape index (κ1) is 20.7. The second kappa shape index (κ2) is 7.76. The number of thioether (sulfide) groups is 1. The van der Waals surface area contributed by atoms with Crippen molar-refractivity contribution in [3.05, 3.63) is 65.2 Å². The van der Waals surface area contributed by atoms with Crippen LogP contribution in [0.15, 0.2) is 53.4 Å². The Balaban J connectivity index is 1.88. The van der Waals surface area contributed by atoms with Gasteiger partial charge in [-0.3, -0.25) is 0 Å². The van der Waals surface area contributed by atoms with E-state index >= 15 is 0 Å². The molecule has 3 rings (SSSR count). The van der Waals surface area contributed by atoms with Gasteiger partial charge in [-0.15, -0.1) is 11.8 Å². The molecule has 0 N–H and O–H groups in total. The van der Waals surface area contributed by atoms with E-state index in [4.69, 9.17) is 0 Å². The molecule has 1 fully saturated rings. The third-order valence-corrected chi connectivity index (χ3v) is 7.53. The summed E-state index contributed by atoms with van der Waals surface area (Å²) in [5.41, 5.74) is -0.0890. The van der Waals surface area contributed by atoms with Gasteiger partial charge in [0, 0.05) is 12.3 Å². The fraction of sp³-hybridized carbons (Fsp3) is 0.278. The lowest BCUT2D eigenvalue weighted by atomic mass is 10.1. The van der Waals surface area contributed by atoms with Gasteiger partial charge >= 0.3 is 12.1 Å². The number of hydrogen-bond acceptors (Lipinski definition) is 5. The highest BCUT2D eigenvalue weighted by atomic mass is 32.2. The number of carbonyl (C=O) groups excluding carboxylic acids is 1. The minimum atomic E-state index is -4.45. The van der Waals surface area contributed by atoms with Crippen molar-refractivity contribution in [1.29, 1.82) is 0 Å². The van der Waals surface area contributed by atoms with Gasteiger partial charge in [0.15, 0.2) is 0 Å². The van der Waals surface area contributed by atoms with Gasteiger partial charge < -0.3 is 4.74 Å². The van der Waals surface area contributed by atoms with Crippen molar-refractivity contribution in [2.24, 2.45) is 0 Å². The Morgan fingerprint density at radius 3 is 2.25 bits per heavy atom. The molecule has 2 aromatic carbocycles. The summed E-state index contributed by atoms with van der Waals surface area (Å²) in [4.78, 5) is 11.5. The third-order valence-electron chi connectivity index (χ3n) is 4.25. The van der Waals surface area contributed by atoms with Gasteiger partial charge in [-0.2, -0.15) is 17.5 Å². The van der Waals surface area contributed by atoms with Gasteiger partial charge in [0.1, 0.15) is 0 Å². The van der Waals surface area contributed by atoms with E-state index in [0.717, 1.165) is 12.1 Å². The number of hydrogen-bond donors (Lipinski definition) is 0. The summed E-state index contributed by atoms with van der Waals surface area (Å²) >= 11 is 1.34. The minimum absolute atomic E-state index is 0.000403. The molecule has 0 spiro atoms. The Morgan fingerprint density at radius 1 is 1.11 bits per heavy atom. The summed E-state index contributed by atoms with van der Waals surface area (Å²) in [7, 11) is -2.66. The molecule has 0 saturated carbocycles. The van der Waals surface area contributed by atoms with Crippen LogP contribution in [0, 0.1) is 0 Å². The van der Waals surface area contributed by atoms with E-state index in [1.807, 2.05) is 0 Å². The lowest BCUT2D eigenvalue weighted by Crippen LogP contribution is -2.30. The van der Waals surface area contributed by atoms with Crippen LogP contribution in [0.4, 0.5) is 13.2 Å². The predicted octanol–water partition coefficient (Wildman–Crippen LogP) is 3.93. The molecule has 1 atom stereocenters. The van der Waals surface area contributed by atoms with Crippen LogP contribution in [-0.2, 0) is 20.9 Å². The first-order valence-electron chi connectivity index (χ1n) is 8.13. The van der Waals surface area contributed by atoms with Crippen molar-refractivity contribution in [3.8, 4) is 0 Å². The molecule has 1 saturated heterocycles. The SMILES string of the molecule is COC(=O)c1ccc(S(=O)(=O)N2CCS[C@H]2c2ccc(C(F)(F)F)cc2)cc1. The Kier molecular flexibility index (Phi) is 5.74. The monoisotopic (exact) mass is 431 g/mol. The largest absolute Gasteiger partial charge is 0.465 e. The van der Waals surface area contributed by atoms with Crippen LogP contribution < -0.4 is 0 Å². The van der Waals surface area contributed by atoms with Crippen LogP contribution in [0.2, 0.25) is 0 Å². The molecule has 150 valence electrons. The molecule has 10 heteroatoms. The molecule has 1 aliphatic heterocycles. The van der Waals surface area contributed by atoms with Crippen LogP contribution in [0.1, 0.15) is 26.9 Å². The molecule has 0 amide bonds. The zero-order chi connectivity index (χ0) is 20.5. The van der Waals surface area contributed by atoms with Gasteiger partial charge in [0.25, 0.3) is 0 Å². The van der Waals surface area contributed by atoms with Gasteiger partial charge in [0.2, 0.25) is 10.0 Å². The van der Waals surface area contributed by atoms with E-state index in [-0.39, 0.29) is 17.0 Å². The number of halogens is 3. The fourth-order valence-corrected chi connectivity index (χ4v) is 6.06. The second-order valence-corrected chi connectivity index (χ2v) is 9.05.